The molecule has 1 aromatic carbocycles. The van der Waals surface area contributed by atoms with E-state index in [-0.39, 0.29) is 5.91 Å². The SMILES string of the molecule is CC1(c2cccc(Cl)c2)NC(=NC2CC2)NC1=O. The van der Waals surface area contributed by atoms with Crippen LogP contribution in [0.25, 0.3) is 0 Å². The number of halogens is 1. The predicted molar refractivity (Wildman–Crippen MR) is 70.5 cm³/mol. The minimum absolute atomic E-state index is 0.0934. The molecule has 2 N–H and O–H groups in total. The van der Waals surface area contributed by atoms with Crippen LogP contribution in [0, 0.1) is 0 Å². The summed E-state index contributed by atoms with van der Waals surface area (Å²) in [6.45, 7) is 1.84. The van der Waals surface area contributed by atoms with Crippen LogP contribution in [0.3, 0.4) is 0 Å². The van der Waals surface area contributed by atoms with Crippen molar-refractivity contribution in [3.05, 3.63) is 34.9 Å². The van der Waals surface area contributed by atoms with E-state index in [0.717, 1.165) is 18.4 Å². The van der Waals surface area contributed by atoms with Crippen LogP contribution in [0.2, 0.25) is 5.02 Å². The van der Waals surface area contributed by atoms with E-state index in [0.29, 0.717) is 17.0 Å². The summed E-state index contributed by atoms with van der Waals surface area (Å²) in [7, 11) is 0. The van der Waals surface area contributed by atoms with Crippen molar-refractivity contribution in [3.63, 3.8) is 0 Å². The van der Waals surface area contributed by atoms with Crippen LogP contribution in [-0.2, 0) is 10.3 Å². The summed E-state index contributed by atoms with van der Waals surface area (Å²) >= 11 is 5.97. The second-order valence-corrected chi connectivity index (χ2v) is 5.36. The Morgan fingerprint density at radius 2 is 2.22 bits per heavy atom. The summed E-state index contributed by atoms with van der Waals surface area (Å²) < 4.78 is 0. The lowest BCUT2D eigenvalue weighted by atomic mass is 9.92. The third kappa shape index (κ3) is 1.97. The number of aliphatic imine (C=N–C) groups is 1. The van der Waals surface area contributed by atoms with Crippen LogP contribution >= 0.6 is 11.6 Å². The second kappa shape index (κ2) is 3.99. The van der Waals surface area contributed by atoms with Gasteiger partial charge in [-0.05, 0) is 37.5 Å². The van der Waals surface area contributed by atoms with Crippen LogP contribution in [0.1, 0.15) is 25.3 Å². The average Bonchev–Trinajstić information content (AvgIpc) is 3.07. The molecule has 0 spiro atoms. The molecule has 2 aliphatic rings. The fraction of sp³-hybridized carbons (Fsp3) is 0.385. The standard InChI is InChI=1S/C13H14ClN3O/c1-13(8-3-2-4-9(14)7-8)11(18)16-12(17-13)15-10-5-6-10/h2-4,7,10H,5-6H2,1H3,(H2,15,16,17,18). The number of guanidine groups is 1. The highest BCUT2D eigenvalue weighted by molar-refractivity contribution is 6.30. The number of benzene rings is 1. The first kappa shape index (κ1) is 11.5. The van der Waals surface area contributed by atoms with E-state index in [9.17, 15) is 4.79 Å². The molecule has 1 aliphatic carbocycles. The molecule has 94 valence electrons. The summed E-state index contributed by atoms with van der Waals surface area (Å²) in [5, 5.41) is 6.57. The number of nitrogens with one attached hydrogen (secondary N) is 2. The van der Waals surface area contributed by atoms with Crippen LogP contribution in [0.4, 0.5) is 0 Å². The summed E-state index contributed by atoms with van der Waals surface area (Å²) in [5.41, 5.74) is 0.0482. The van der Waals surface area contributed by atoms with Gasteiger partial charge in [-0.2, -0.15) is 0 Å². The molecule has 0 aromatic heterocycles. The molecule has 0 radical (unpaired) electrons. The van der Waals surface area contributed by atoms with Crippen molar-refractivity contribution in [2.45, 2.75) is 31.3 Å². The Morgan fingerprint density at radius 1 is 1.44 bits per heavy atom. The number of carbonyl (C=O) groups is 1. The van der Waals surface area contributed by atoms with Gasteiger partial charge >= 0.3 is 0 Å². The zero-order chi connectivity index (χ0) is 12.8. The third-order valence-electron chi connectivity index (χ3n) is 3.31. The van der Waals surface area contributed by atoms with Crippen molar-refractivity contribution in [2.24, 2.45) is 4.99 Å². The van der Waals surface area contributed by atoms with Gasteiger partial charge in [-0.3, -0.25) is 10.1 Å². The molecular weight excluding hydrogens is 250 g/mol. The molecule has 4 nitrogen and oxygen atoms in total. The topological polar surface area (TPSA) is 53.5 Å². The minimum atomic E-state index is -0.793. The van der Waals surface area contributed by atoms with Crippen LogP contribution < -0.4 is 10.6 Å². The Morgan fingerprint density at radius 3 is 2.89 bits per heavy atom. The molecule has 1 aromatic rings. The van der Waals surface area contributed by atoms with Crippen molar-refractivity contribution in [1.82, 2.24) is 10.6 Å². The van der Waals surface area contributed by atoms with Gasteiger partial charge in [-0.1, -0.05) is 23.7 Å². The summed E-state index contributed by atoms with van der Waals surface area (Å²) in [4.78, 5) is 16.5. The number of rotatable bonds is 2. The maximum Gasteiger partial charge on any atom is 0.256 e. The normalized spacial score (nSPS) is 29.2. The summed E-state index contributed by atoms with van der Waals surface area (Å²) in [6, 6.07) is 7.69. The first-order chi connectivity index (χ1) is 8.58. The largest absolute Gasteiger partial charge is 0.338 e. The Bertz CT molecular complexity index is 539. The van der Waals surface area contributed by atoms with Crippen LogP contribution in [0.5, 0.6) is 0 Å². The molecule has 0 bridgehead atoms. The van der Waals surface area contributed by atoms with E-state index in [1.165, 1.54) is 0 Å². The fourth-order valence-electron chi connectivity index (χ4n) is 2.01. The van der Waals surface area contributed by atoms with Gasteiger partial charge in [0.15, 0.2) is 5.96 Å². The summed E-state index contributed by atoms with van der Waals surface area (Å²) in [6.07, 6.45) is 2.21. The van der Waals surface area contributed by atoms with Gasteiger partial charge in [-0.15, -0.1) is 0 Å². The molecule has 1 saturated carbocycles. The maximum atomic E-state index is 12.1. The van der Waals surface area contributed by atoms with E-state index in [1.54, 1.807) is 12.1 Å². The van der Waals surface area contributed by atoms with Gasteiger partial charge < -0.3 is 5.32 Å². The highest BCUT2D eigenvalue weighted by Gasteiger charge is 2.43. The fourth-order valence-corrected chi connectivity index (χ4v) is 2.20. The molecule has 1 amide bonds. The second-order valence-electron chi connectivity index (χ2n) is 4.92. The van der Waals surface area contributed by atoms with Crippen molar-refractivity contribution in [2.75, 3.05) is 0 Å². The molecule has 1 unspecified atom stereocenters. The first-order valence-electron chi connectivity index (χ1n) is 6.01. The van der Waals surface area contributed by atoms with E-state index in [1.807, 2.05) is 19.1 Å². The quantitative estimate of drug-likeness (QED) is 0.855. The van der Waals surface area contributed by atoms with Gasteiger partial charge in [0.1, 0.15) is 5.54 Å². The smallest absolute Gasteiger partial charge is 0.256 e. The predicted octanol–water partition coefficient (Wildman–Crippen LogP) is 1.79. The monoisotopic (exact) mass is 263 g/mol. The molecular formula is C13H14ClN3O. The highest BCUT2D eigenvalue weighted by Crippen LogP contribution is 2.28. The van der Waals surface area contributed by atoms with E-state index < -0.39 is 5.54 Å². The van der Waals surface area contributed by atoms with Gasteiger partial charge in [0.05, 0.1) is 6.04 Å². The Labute approximate surface area is 110 Å². The van der Waals surface area contributed by atoms with Gasteiger partial charge in [-0.25, -0.2) is 4.99 Å². The maximum absolute atomic E-state index is 12.1. The minimum Gasteiger partial charge on any atom is -0.338 e. The molecule has 1 heterocycles. The number of carbonyl (C=O) groups excluding carboxylic acids is 1. The third-order valence-corrected chi connectivity index (χ3v) is 3.55. The zero-order valence-electron chi connectivity index (χ0n) is 10.0. The molecule has 2 fully saturated rings. The van der Waals surface area contributed by atoms with Gasteiger partial charge in [0.2, 0.25) is 0 Å². The molecule has 1 aliphatic heterocycles. The molecule has 1 saturated heterocycles. The molecule has 1 atom stereocenters. The number of amides is 1. The molecule has 3 rings (SSSR count). The number of hydrogen-bond donors (Lipinski definition) is 2. The highest BCUT2D eigenvalue weighted by atomic mass is 35.5. The average molecular weight is 264 g/mol. The Kier molecular flexibility index (Phi) is 2.55. The van der Waals surface area contributed by atoms with Gasteiger partial charge in [0, 0.05) is 5.02 Å². The van der Waals surface area contributed by atoms with Crippen molar-refractivity contribution >= 4 is 23.5 Å². The van der Waals surface area contributed by atoms with Crippen molar-refractivity contribution < 1.29 is 4.79 Å². The number of hydrogen-bond acceptors (Lipinski definition) is 2. The van der Waals surface area contributed by atoms with Crippen LogP contribution in [0.15, 0.2) is 29.3 Å². The van der Waals surface area contributed by atoms with Crippen molar-refractivity contribution in [3.8, 4) is 0 Å². The molecule has 18 heavy (non-hydrogen) atoms. The lowest BCUT2D eigenvalue weighted by molar-refractivity contribution is -0.123. The molecule has 5 heteroatoms. The van der Waals surface area contributed by atoms with E-state index >= 15 is 0 Å². The van der Waals surface area contributed by atoms with Crippen LogP contribution in [-0.4, -0.2) is 17.9 Å². The van der Waals surface area contributed by atoms with E-state index in [4.69, 9.17) is 11.6 Å². The zero-order valence-corrected chi connectivity index (χ0v) is 10.8. The number of nitrogens with zero attached hydrogens (tertiary/aromatic N) is 1. The summed E-state index contributed by atoms with van der Waals surface area (Å²) in [5.74, 6) is 0.481. The lowest BCUT2D eigenvalue weighted by Gasteiger charge is -2.21. The van der Waals surface area contributed by atoms with Gasteiger partial charge in [0.25, 0.3) is 5.91 Å². The van der Waals surface area contributed by atoms with E-state index in [2.05, 4.69) is 15.6 Å². The first-order valence-corrected chi connectivity index (χ1v) is 6.39. The van der Waals surface area contributed by atoms with Crippen molar-refractivity contribution in [1.29, 1.82) is 0 Å². The Balaban J connectivity index is 1.92. The lowest BCUT2D eigenvalue weighted by Crippen LogP contribution is -2.40. The Hall–Kier alpha value is -1.55.